The number of nitrogens with zero attached hydrogens (tertiary/aromatic N) is 1. The van der Waals surface area contributed by atoms with Gasteiger partial charge in [-0.3, -0.25) is 0 Å². The topological polar surface area (TPSA) is 94.2 Å². The van der Waals surface area contributed by atoms with Crippen LogP contribution in [0.25, 0.3) is 0 Å². The molecule has 0 saturated heterocycles. The van der Waals surface area contributed by atoms with Gasteiger partial charge in [0.05, 0.1) is 17.9 Å². The lowest BCUT2D eigenvalue weighted by Crippen LogP contribution is -2.40. The summed E-state index contributed by atoms with van der Waals surface area (Å²) in [5, 5.41) is 9.50. The molecule has 1 aliphatic rings. The summed E-state index contributed by atoms with van der Waals surface area (Å²) in [6.45, 7) is 5.51. The minimum Gasteiger partial charge on any atom is -0.492 e. The summed E-state index contributed by atoms with van der Waals surface area (Å²) in [5.41, 5.74) is 8.19. The van der Waals surface area contributed by atoms with E-state index in [4.69, 9.17) is 19.9 Å². The van der Waals surface area contributed by atoms with Gasteiger partial charge < -0.3 is 30.0 Å². The fourth-order valence-corrected chi connectivity index (χ4v) is 4.49. The lowest BCUT2D eigenvalue weighted by Gasteiger charge is -2.32. The van der Waals surface area contributed by atoms with Crippen LogP contribution in [0.15, 0.2) is 103 Å². The van der Waals surface area contributed by atoms with Gasteiger partial charge in [0.15, 0.2) is 17.1 Å². The number of carboxylic acid groups (broad SMARTS) is 1. The van der Waals surface area contributed by atoms with E-state index in [1.54, 1.807) is 13.8 Å². The van der Waals surface area contributed by atoms with Crippen LogP contribution in [0, 0.1) is 0 Å². The van der Waals surface area contributed by atoms with Crippen LogP contribution in [-0.2, 0) is 22.5 Å². The highest BCUT2D eigenvalue weighted by molar-refractivity contribution is 5.78. The second kappa shape index (κ2) is 13.6. The molecule has 4 aromatic carbocycles. The number of fused-ring (bicyclic) bond motifs is 2. The van der Waals surface area contributed by atoms with E-state index >= 15 is 0 Å². The fourth-order valence-electron chi connectivity index (χ4n) is 4.49. The summed E-state index contributed by atoms with van der Waals surface area (Å²) < 4.78 is 17.5. The van der Waals surface area contributed by atoms with Gasteiger partial charge in [-0.1, -0.05) is 66.7 Å². The first-order valence-electron chi connectivity index (χ1n) is 13.4. The van der Waals surface area contributed by atoms with Gasteiger partial charge in [-0.2, -0.15) is 0 Å². The van der Waals surface area contributed by atoms with Gasteiger partial charge in [0.25, 0.3) is 0 Å². The van der Waals surface area contributed by atoms with Crippen molar-refractivity contribution in [3.63, 3.8) is 0 Å². The van der Waals surface area contributed by atoms with E-state index in [1.807, 2.05) is 103 Å². The Labute approximate surface area is 235 Å². The summed E-state index contributed by atoms with van der Waals surface area (Å²) in [5.74, 6) is 1.42. The van der Waals surface area contributed by atoms with Crippen LogP contribution in [0.3, 0.4) is 0 Å². The van der Waals surface area contributed by atoms with Crippen molar-refractivity contribution in [2.45, 2.75) is 32.4 Å². The molecule has 1 heterocycles. The Morgan fingerprint density at radius 3 is 1.95 bits per heavy atom. The van der Waals surface area contributed by atoms with Crippen LogP contribution < -0.4 is 20.1 Å². The summed E-state index contributed by atoms with van der Waals surface area (Å²) >= 11 is 0. The van der Waals surface area contributed by atoms with E-state index in [0.717, 1.165) is 34.2 Å². The van der Waals surface area contributed by atoms with E-state index in [2.05, 4.69) is 4.90 Å². The van der Waals surface area contributed by atoms with Gasteiger partial charge in [0, 0.05) is 19.6 Å². The molecular formula is C33H36N2O5. The van der Waals surface area contributed by atoms with Gasteiger partial charge in [0.1, 0.15) is 12.4 Å². The van der Waals surface area contributed by atoms with Crippen LogP contribution in [0.4, 0.5) is 11.4 Å². The second-order valence-electron chi connectivity index (χ2n) is 9.52. The van der Waals surface area contributed by atoms with Crippen LogP contribution in [0.5, 0.6) is 17.2 Å². The maximum absolute atomic E-state index is 11.6. The maximum Gasteiger partial charge on any atom is 0.336 e. The largest absolute Gasteiger partial charge is 0.492 e. The Balaban J connectivity index is 0.000000398. The average Bonchev–Trinajstić information content (AvgIpc) is 2.98. The van der Waals surface area contributed by atoms with E-state index in [1.165, 1.54) is 5.56 Å². The fraction of sp³-hybridized carbons (Fsp3) is 0.242. The minimum absolute atomic E-state index is 0.289. The zero-order chi connectivity index (χ0) is 28.4. The third-order valence-corrected chi connectivity index (χ3v) is 6.57. The molecule has 0 spiro atoms. The molecule has 0 aromatic heterocycles. The SMILES string of the molecule is CCO[C@@](C)(Cc1ccc(OCCN2c3ccccc3Oc3ccccc32)cc1)C(=O)O.NCc1ccccc1. The van der Waals surface area contributed by atoms with Crippen molar-refractivity contribution >= 4 is 17.3 Å². The number of hydrogen-bond donors (Lipinski definition) is 2. The summed E-state index contributed by atoms with van der Waals surface area (Å²) in [4.78, 5) is 13.8. The second-order valence-corrected chi connectivity index (χ2v) is 9.52. The highest BCUT2D eigenvalue weighted by Gasteiger charge is 2.34. The quantitative estimate of drug-likeness (QED) is 0.235. The van der Waals surface area contributed by atoms with Crippen molar-refractivity contribution in [1.82, 2.24) is 0 Å². The van der Waals surface area contributed by atoms with Gasteiger partial charge in [0.2, 0.25) is 0 Å². The predicted molar refractivity (Wildman–Crippen MR) is 158 cm³/mol. The number of carboxylic acids is 1. The van der Waals surface area contributed by atoms with Gasteiger partial charge >= 0.3 is 5.97 Å². The van der Waals surface area contributed by atoms with Crippen molar-refractivity contribution in [2.75, 3.05) is 24.7 Å². The van der Waals surface area contributed by atoms with Crippen LogP contribution in [-0.4, -0.2) is 36.4 Å². The Morgan fingerprint density at radius 1 is 0.850 bits per heavy atom. The molecule has 0 radical (unpaired) electrons. The summed E-state index contributed by atoms with van der Waals surface area (Å²) in [6, 6.07) is 33.4. The van der Waals surface area contributed by atoms with Crippen LogP contribution in [0.2, 0.25) is 0 Å². The van der Waals surface area contributed by atoms with E-state index in [-0.39, 0.29) is 6.42 Å². The third-order valence-electron chi connectivity index (χ3n) is 6.57. The number of hydrogen-bond acceptors (Lipinski definition) is 6. The van der Waals surface area contributed by atoms with E-state index in [9.17, 15) is 9.90 Å². The highest BCUT2D eigenvalue weighted by atomic mass is 16.5. The molecule has 1 aliphatic heterocycles. The van der Waals surface area contributed by atoms with Gasteiger partial charge in [-0.25, -0.2) is 4.79 Å². The van der Waals surface area contributed by atoms with E-state index in [0.29, 0.717) is 26.3 Å². The molecule has 0 saturated carbocycles. The first-order chi connectivity index (χ1) is 19.4. The van der Waals surface area contributed by atoms with Crippen molar-refractivity contribution in [3.05, 3.63) is 114 Å². The van der Waals surface area contributed by atoms with Crippen molar-refractivity contribution in [1.29, 1.82) is 0 Å². The molecule has 0 unspecified atom stereocenters. The Morgan fingerprint density at radius 2 is 1.43 bits per heavy atom. The number of aliphatic carboxylic acids is 1. The Bertz CT molecular complexity index is 1330. The third kappa shape index (κ3) is 7.20. The number of carbonyl (C=O) groups is 1. The molecule has 0 bridgehead atoms. The first-order valence-corrected chi connectivity index (χ1v) is 13.4. The molecule has 0 amide bonds. The monoisotopic (exact) mass is 540 g/mol. The molecule has 0 aliphatic carbocycles. The highest BCUT2D eigenvalue weighted by Crippen LogP contribution is 2.45. The van der Waals surface area contributed by atoms with Crippen LogP contribution in [0.1, 0.15) is 25.0 Å². The lowest BCUT2D eigenvalue weighted by atomic mass is 9.96. The average molecular weight is 541 g/mol. The molecule has 1 atom stereocenters. The standard InChI is InChI=1S/C26H27NO5.C7H9N/c1-3-31-26(2,25(28)29)18-19-12-14-20(15-13-19)30-17-16-27-21-8-4-6-10-23(21)32-24-11-7-5-9-22(24)27;8-6-7-4-2-1-3-5-7/h4-15H,3,16-18H2,1-2H3,(H,28,29);1-5H,6,8H2/t26-;/m0./s1. The van der Waals surface area contributed by atoms with Crippen molar-refractivity contribution in [2.24, 2.45) is 5.73 Å². The first kappa shape index (κ1) is 28.7. The lowest BCUT2D eigenvalue weighted by molar-refractivity contribution is -0.162. The molecule has 5 rings (SSSR count). The number of ether oxygens (including phenoxy) is 3. The number of nitrogens with two attached hydrogens (primary N) is 1. The molecule has 208 valence electrons. The summed E-state index contributed by atoms with van der Waals surface area (Å²) in [7, 11) is 0. The van der Waals surface area contributed by atoms with Crippen LogP contribution >= 0.6 is 0 Å². The molecule has 7 heteroatoms. The Kier molecular flexibility index (Phi) is 9.78. The maximum atomic E-state index is 11.6. The number of para-hydroxylation sites is 4. The zero-order valence-corrected chi connectivity index (χ0v) is 23.0. The molecular weight excluding hydrogens is 504 g/mol. The Hall–Kier alpha value is -4.33. The zero-order valence-electron chi connectivity index (χ0n) is 23.0. The number of benzene rings is 4. The van der Waals surface area contributed by atoms with E-state index < -0.39 is 11.6 Å². The normalized spacial score (nSPS) is 13.0. The summed E-state index contributed by atoms with van der Waals surface area (Å²) in [6.07, 6.45) is 0.289. The van der Waals surface area contributed by atoms with Gasteiger partial charge in [-0.15, -0.1) is 0 Å². The van der Waals surface area contributed by atoms with Crippen molar-refractivity contribution < 1.29 is 24.1 Å². The molecule has 0 fully saturated rings. The minimum atomic E-state index is -1.24. The smallest absolute Gasteiger partial charge is 0.336 e. The van der Waals surface area contributed by atoms with Crippen molar-refractivity contribution in [3.8, 4) is 17.2 Å². The number of rotatable bonds is 10. The van der Waals surface area contributed by atoms with Gasteiger partial charge in [-0.05, 0) is 61.4 Å². The number of anilines is 2. The molecule has 40 heavy (non-hydrogen) atoms. The molecule has 4 aromatic rings. The predicted octanol–water partition coefficient (Wildman–Crippen LogP) is 6.58. The molecule has 7 nitrogen and oxygen atoms in total. The molecule has 3 N–H and O–H groups in total.